The molecule has 0 radical (unpaired) electrons. The summed E-state index contributed by atoms with van der Waals surface area (Å²) in [7, 11) is 1.92. The van der Waals surface area contributed by atoms with Gasteiger partial charge in [-0.25, -0.2) is 0 Å². The van der Waals surface area contributed by atoms with Gasteiger partial charge in [0.05, 0.1) is 0 Å². The molecule has 0 aromatic carbocycles. The van der Waals surface area contributed by atoms with Crippen molar-refractivity contribution in [3.8, 4) is 0 Å². The van der Waals surface area contributed by atoms with E-state index < -0.39 is 0 Å². The molecule has 0 aliphatic rings. The van der Waals surface area contributed by atoms with E-state index in [-0.39, 0.29) is 0 Å². The molecule has 0 aliphatic heterocycles. The highest BCUT2D eigenvalue weighted by atomic mass is 15.1. The van der Waals surface area contributed by atoms with Crippen LogP contribution in [0.15, 0.2) is 61.5 Å². The van der Waals surface area contributed by atoms with Crippen LogP contribution in [0.25, 0.3) is 0 Å². The van der Waals surface area contributed by atoms with Crippen molar-refractivity contribution in [1.82, 2.24) is 4.90 Å². The lowest BCUT2D eigenvalue weighted by molar-refractivity contribution is 0.582. The lowest BCUT2D eigenvalue weighted by atomic mass is 10.1. The van der Waals surface area contributed by atoms with Gasteiger partial charge in [-0.15, -0.1) is 0 Å². The Bertz CT molecular complexity index is 269. The van der Waals surface area contributed by atoms with Gasteiger partial charge >= 0.3 is 0 Å². The highest BCUT2D eigenvalue weighted by Gasteiger charge is 2.05. The molecule has 13 heavy (non-hydrogen) atoms. The summed E-state index contributed by atoms with van der Waals surface area (Å²) in [5, 5.41) is 0. The Hall–Kier alpha value is -1.50. The van der Waals surface area contributed by atoms with E-state index in [1.165, 1.54) is 0 Å². The molecule has 0 heterocycles. The number of hydrogen-bond donors (Lipinski definition) is 0. The standard InChI is InChI=1S/C12H17N/c1-7-10(4)11(5)12(8-2)13(6)9-3/h7-9H,1,3-5H2,2,6H3/b12-8+. The smallest absolute Gasteiger partial charge is 0.0433 e. The Morgan fingerprint density at radius 1 is 1.23 bits per heavy atom. The normalized spacial score (nSPS) is 10.5. The van der Waals surface area contributed by atoms with Gasteiger partial charge in [0.15, 0.2) is 0 Å². The zero-order valence-corrected chi connectivity index (χ0v) is 8.51. The zero-order chi connectivity index (χ0) is 10.4. The molecule has 0 aromatic rings. The molecule has 0 saturated heterocycles. The van der Waals surface area contributed by atoms with E-state index in [1.54, 1.807) is 12.3 Å². The summed E-state index contributed by atoms with van der Waals surface area (Å²) < 4.78 is 0. The van der Waals surface area contributed by atoms with Crippen LogP contribution in [-0.4, -0.2) is 11.9 Å². The van der Waals surface area contributed by atoms with Gasteiger partial charge in [-0.2, -0.15) is 0 Å². The first-order valence-corrected chi connectivity index (χ1v) is 4.11. The molecule has 0 aliphatic carbocycles. The maximum Gasteiger partial charge on any atom is 0.0433 e. The molecule has 0 atom stereocenters. The maximum absolute atomic E-state index is 3.94. The average Bonchev–Trinajstić information content (AvgIpc) is 2.17. The summed E-state index contributed by atoms with van der Waals surface area (Å²) in [6.07, 6.45) is 5.40. The van der Waals surface area contributed by atoms with Crippen molar-refractivity contribution >= 4 is 0 Å². The van der Waals surface area contributed by atoms with Crippen molar-refractivity contribution in [3.63, 3.8) is 0 Å². The summed E-state index contributed by atoms with van der Waals surface area (Å²) >= 11 is 0. The molecule has 0 unspecified atom stereocenters. The predicted molar refractivity (Wildman–Crippen MR) is 60.2 cm³/mol. The van der Waals surface area contributed by atoms with Gasteiger partial charge in [-0.05, 0) is 24.3 Å². The van der Waals surface area contributed by atoms with E-state index in [4.69, 9.17) is 0 Å². The van der Waals surface area contributed by atoms with Crippen LogP contribution in [-0.2, 0) is 0 Å². The van der Waals surface area contributed by atoms with Crippen LogP contribution in [0.3, 0.4) is 0 Å². The highest BCUT2D eigenvalue weighted by molar-refractivity contribution is 5.47. The van der Waals surface area contributed by atoms with Gasteiger partial charge in [0.2, 0.25) is 0 Å². The number of rotatable bonds is 5. The minimum atomic E-state index is 0.835. The molecule has 0 fully saturated rings. The molecule has 1 heteroatoms. The minimum absolute atomic E-state index is 0.835. The summed E-state index contributed by atoms with van der Waals surface area (Å²) in [6.45, 7) is 17.1. The Morgan fingerprint density at radius 3 is 2.08 bits per heavy atom. The van der Waals surface area contributed by atoms with E-state index in [2.05, 4.69) is 26.3 Å². The minimum Gasteiger partial charge on any atom is -0.351 e. The maximum atomic E-state index is 3.94. The number of hydrogen-bond acceptors (Lipinski definition) is 1. The Morgan fingerprint density at radius 2 is 1.77 bits per heavy atom. The fourth-order valence-corrected chi connectivity index (χ4v) is 0.977. The van der Waals surface area contributed by atoms with Crippen LogP contribution >= 0.6 is 0 Å². The lowest BCUT2D eigenvalue weighted by Crippen LogP contribution is -2.11. The monoisotopic (exact) mass is 175 g/mol. The molecule has 70 valence electrons. The van der Waals surface area contributed by atoms with Crippen LogP contribution in [0.5, 0.6) is 0 Å². The van der Waals surface area contributed by atoms with Crippen molar-refractivity contribution in [3.05, 3.63) is 61.5 Å². The van der Waals surface area contributed by atoms with Crippen LogP contribution in [0, 0.1) is 0 Å². The first-order chi connectivity index (χ1) is 6.08. The molecule has 0 bridgehead atoms. The third kappa shape index (κ3) is 2.79. The number of nitrogens with zero attached hydrogens (tertiary/aromatic N) is 1. The van der Waals surface area contributed by atoms with Gasteiger partial charge in [-0.3, -0.25) is 0 Å². The van der Waals surface area contributed by atoms with E-state index >= 15 is 0 Å². The Kier molecular flexibility index (Phi) is 4.60. The molecular weight excluding hydrogens is 158 g/mol. The third-order valence-electron chi connectivity index (χ3n) is 1.87. The van der Waals surface area contributed by atoms with Crippen molar-refractivity contribution in [2.45, 2.75) is 6.92 Å². The quantitative estimate of drug-likeness (QED) is 0.580. The molecule has 0 spiro atoms. The number of likely N-dealkylation sites (N-methyl/N-ethyl adjacent to an activating group) is 1. The predicted octanol–water partition coefficient (Wildman–Crippen LogP) is 3.26. The summed E-state index contributed by atoms with van der Waals surface area (Å²) in [5.41, 5.74) is 2.71. The first-order valence-electron chi connectivity index (χ1n) is 4.11. The third-order valence-corrected chi connectivity index (χ3v) is 1.87. The van der Waals surface area contributed by atoms with Gasteiger partial charge in [0, 0.05) is 12.7 Å². The zero-order valence-electron chi connectivity index (χ0n) is 8.51. The van der Waals surface area contributed by atoms with Crippen molar-refractivity contribution in [1.29, 1.82) is 0 Å². The summed E-state index contributed by atoms with van der Waals surface area (Å²) in [6, 6.07) is 0. The van der Waals surface area contributed by atoms with Gasteiger partial charge < -0.3 is 4.90 Å². The fourth-order valence-electron chi connectivity index (χ4n) is 0.977. The van der Waals surface area contributed by atoms with E-state index in [1.807, 2.05) is 24.9 Å². The van der Waals surface area contributed by atoms with Crippen LogP contribution in [0.4, 0.5) is 0 Å². The van der Waals surface area contributed by atoms with Gasteiger partial charge in [0.1, 0.15) is 0 Å². The van der Waals surface area contributed by atoms with E-state index in [0.717, 1.165) is 16.8 Å². The van der Waals surface area contributed by atoms with Crippen molar-refractivity contribution in [2.75, 3.05) is 7.05 Å². The molecule has 0 N–H and O–H groups in total. The van der Waals surface area contributed by atoms with Crippen LogP contribution < -0.4 is 0 Å². The topological polar surface area (TPSA) is 3.24 Å². The van der Waals surface area contributed by atoms with Crippen molar-refractivity contribution in [2.24, 2.45) is 0 Å². The second-order valence-electron chi connectivity index (χ2n) is 2.68. The lowest BCUT2D eigenvalue weighted by Gasteiger charge is -2.19. The fraction of sp³-hybridized carbons (Fsp3) is 0.167. The van der Waals surface area contributed by atoms with E-state index in [0.29, 0.717) is 0 Å². The SMILES string of the molecule is C=CC(=C)C(=C)/C(=C\C)N(C)C=C. The Balaban J connectivity index is 4.81. The molecule has 0 amide bonds. The first kappa shape index (κ1) is 11.5. The largest absolute Gasteiger partial charge is 0.351 e. The molecule has 0 saturated carbocycles. The van der Waals surface area contributed by atoms with E-state index in [9.17, 15) is 0 Å². The summed E-state index contributed by atoms with van der Waals surface area (Å²) in [5.74, 6) is 0. The van der Waals surface area contributed by atoms with Crippen LogP contribution in [0.1, 0.15) is 6.92 Å². The highest BCUT2D eigenvalue weighted by Crippen LogP contribution is 2.19. The Labute approximate surface area is 81.1 Å². The number of allylic oxidation sites excluding steroid dienone is 3. The van der Waals surface area contributed by atoms with Crippen molar-refractivity contribution < 1.29 is 0 Å². The second-order valence-corrected chi connectivity index (χ2v) is 2.68. The molecule has 1 nitrogen and oxygen atoms in total. The second kappa shape index (κ2) is 5.20. The van der Waals surface area contributed by atoms with Gasteiger partial charge in [-0.1, -0.05) is 38.5 Å². The molecular formula is C12H17N. The summed E-state index contributed by atoms with van der Waals surface area (Å²) in [4.78, 5) is 1.90. The van der Waals surface area contributed by atoms with Crippen LogP contribution in [0.2, 0.25) is 0 Å². The molecule has 0 rings (SSSR count). The average molecular weight is 175 g/mol. The van der Waals surface area contributed by atoms with Gasteiger partial charge in [0.25, 0.3) is 0 Å². The molecule has 0 aromatic heterocycles.